The van der Waals surface area contributed by atoms with Crippen LogP contribution in [0, 0.1) is 5.41 Å². The number of rotatable bonds is 8. The van der Waals surface area contributed by atoms with Crippen LogP contribution in [0.3, 0.4) is 0 Å². The fourth-order valence-electron chi connectivity index (χ4n) is 2.67. The average molecular weight is 241 g/mol. The molecule has 0 radical (unpaired) electrons. The van der Waals surface area contributed by atoms with Gasteiger partial charge in [-0.05, 0) is 24.7 Å². The Kier molecular flexibility index (Phi) is 6.50. The van der Waals surface area contributed by atoms with Crippen LogP contribution in [-0.2, 0) is 4.74 Å². The molecule has 0 aliphatic heterocycles. The minimum Gasteiger partial charge on any atom is -0.377 e. The first kappa shape index (κ1) is 15.0. The van der Waals surface area contributed by atoms with Crippen LogP contribution in [0.2, 0.25) is 0 Å². The van der Waals surface area contributed by atoms with Crippen molar-refractivity contribution in [2.45, 2.75) is 84.3 Å². The van der Waals surface area contributed by atoms with Gasteiger partial charge in [-0.3, -0.25) is 0 Å². The third-order valence-electron chi connectivity index (χ3n) is 4.21. The molecule has 1 aliphatic carbocycles. The maximum absolute atomic E-state index is 6.21. The maximum Gasteiger partial charge on any atom is 0.0731 e. The summed E-state index contributed by atoms with van der Waals surface area (Å²) in [5.41, 5.74) is 6.48. The fourth-order valence-corrected chi connectivity index (χ4v) is 2.67. The second-order valence-electron chi connectivity index (χ2n) is 6.23. The number of ether oxygens (including phenoxy) is 1. The van der Waals surface area contributed by atoms with Crippen LogP contribution in [-0.4, -0.2) is 18.8 Å². The van der Waals surface area contributed by atoms with Crippen LogP contribution in [0.25, 0.3) is 0 Å². The highest BCUT2D eigenvalue weighted by molar-refractivity contribution is 4.94. The zero-order valence-corrected chi connectivity index (χ0v) is 12.0. The predicted octanol–water partition coefficient (Wildman–Crippen LogP) is 3.88. The fraction of sp³-hybridized carbons (Fsp3) is 1.00. The Hall–Kier alpha value is -0.0800. The Morgan fingerprint density at radius 3 is 2.35 bits per heavy atom. The number of unbranched alkanes of at least 4 members (excludes halogenated alkanes) is 5. The number of nitrogens with two attached hydrogens (primary N) is 1. The van der Waals surface area contributed by atoms with E-state index >= 15 is 0 Å². The van der Waals surface area contributed by atoms with Gasteiger partial charge in [0.25, 0.3) is 0 Å². The van der Waals surface area contributed by atoms with E-state index in [0.717, 1.165) is 13.0 Å². The summed E-state index contributed by atoms with van der Waals surface area (Å²) in [6.45, 7) is 7.67. The average Bonchev–Trinajstić information content (AvgIpc) is 2.54. The van der Waals surface area contributed by atoms with Gasteiger partial charge in [-0.15, -0.1) is 0 Å². The Bertz CT molecular complexity index is 203. The largest absolute Gasteiger partial charge is 0.377 e. The summed E-state index contributed by atoms with van der Waals surface area (Å²) in [6, 6.07) is 0.225. The van der Waals surface area contributed by atoms with Crippen molar-refractivity contribution in [1.29, 1.82) is 0 Å². The molecule has 1 saturated carbocycles. The van der Waals surface area contributed by atoms with Crippen molar-refractivity contribution in [1.82, 2.24) is 0 Å². The van der Waals surface area contributed by atoms with Crippen molar-refractivity contribution in [3.05, 3.63) is 0 Å². The van der Waals surface area contributed by atoms with E-state index in [4.69, 9.17) is 10.5 Å². The summed E-state index contributed by atoms with van der Waals surface area (Å²) in [4.78, 5) is 0. The Balaban J connectivity index is 2.00. The minimum atomic E-state index is 0.225. The third kappa shape index (κ3) is 4.97. The van der Waals surface area contributed by atoms with Crippen molar-refractivity contribution in [3.8, 4) is 0 Å². The van der Waals surface area contributed by atoms with Gasteiger partial charge >= 0.3 is 0 Å². The Morgan fingerprint density at radius 1 is 1.12 bits per heavy atom. The minimum absolute atomic E-state index is 0.225. The standard InChI is InChI=1S/C15H31NO/c1-4-5-6-7-8-9-12-17-13-10-11-15(2,3)14(13)16/h13-14H,4-12,16H2,1-3H3. The zero-order chi connectivity index (χ0) is 12.7. The first-order valence-electron chi connectivity index (χ1n) is 7.45. The molecule has 1 aliphatic rings. The van der Waals surface area contributed by atoms with Crippen LogP contribution < -0.4 is 5.73 Å². The Morgan fingerprint density at radius 2 is 1.76 bits per heavy atom. The molecule has 2 N–H and O–H groups in total. The molecule has 2 heteroatoms. The monoisotopic (exact) mass is 241 g/mol. The summed E-state index contributed by atoms with van der Waals surface area (Å²) in [6.07, 6.45) is 10.6. The molecule has 0 aromatic carbocycles. The lowest BCUT2D eigenvalue weighted by Crippen LogP contribution is -2.41. The molecule has 2 nitrogen and oxygen atoms in total. The highest BCUT2D eigenvalue weighted by Gasteiger charge is 2.39. The molecule has 2 unspecified atom stereocenters. The van der Waals surface area contributed by atoms with Crippen LogP contribution in [0.4, 0.5) is 0 Å². The lowest BCUT2D eigenvalue weighted by Gasteiger charge is -2.26. The molecule has 1 rings (SSSR count). The van der Waals surface area contributed by atoms with Gasteiger partial charge < -0.3 is 10.5 Å². The third-order valence-corrected chi connectivity index (χ3v) is 4.21. The molecule has 0 amide bonds. The van der Waals surface area contributed by atoms with Crippen molar-refractivity contribution in [2.24, 2.45) is 11.1 Å². The quantitative estimate of drug-likeness (QED) is 0.655. The zero-order valence-electron chi connectivity index (χ0n) is 12.0. The Labute approximate surface area is 107 Å². The first-order chi connectivity index (χ1) is 8.08. The first-order valence-corrected chi connectivity index (χ1v) is 7.45. The van der Waals surface area contributed by atoms with Gasteiger partial charge in [0, 0.05) is 12.6 Å². The summed E-state index contributed by atoms with van der Waals surface area (Å²) in [5, 5.41) is 0. The molecule has 0 heterocycles. The van der Waals surface area contributed by atoms with Gasteiger partial charge in [-0.1, -0.05) is 52.9 Å². The van der Waals surface area contributed by atoms with Crippen molar-refractivity contribution >= 4 is 0 Å². The van der Waals surface area contributed by atoms with E-state index in [9.17, 15) is 0 Å². The van der Waals surface area contributed by atoms with Crippen LogP contribution >= 0.6 is 0 Å². The van der Waals surface area contributed by atoms with Crippen molar-refractivity contribution in [3.63, 3.8) is 0 Å². The van der Waals surface area contributed by atoms with Gasteiger partial charge in [0.15, 0.2) is 0 Å². The van der Waals surface area contributed by atoms with Gasteiger partial charge in [0.2, 0.25) is 0 Å². The van der Waals surface area contributed by atoms with E-state index < -0.39 is 0 Å². The SMILES string of the molecule is CCCCCCCCOC1CCC(C)(C)C1N. The molecule has 1 fully saturated rings. The smallest absolute Gasteiger partial charge is 0.0731 e. The summed E-state index contributed by atoms with van der Waals surface area (Å²) < 4.78 is 5.93. The number of hydrogen-bond acceptors (Lipinski definition) is 2. The normalized spacial score (nSPS) is 27.5. The summed E-state index contributed by atoms with van der Waals surface area (Å²) >= 11 is 0. The second kappa shape index (κ2) is 7.38. The van der Waals surface area contributed by atoms with Gasteiger partial charge in [0.1, 0.15) is 0 Å². The molecule has 0 saturated heterocycles. The summed E-state index contributed by atoms with van der Waals surface area (Å²) in [7, 11) is 0. The van der Waals surface area contributed by atoms with E-state index in [0.29, 0.717) is 6.10 Å². The molecular formula is C15H31NO. The lowest BCUT2D eigenvalue weighted by molar-refractivity contribution is 0.0354. The van der Waals surface area contributed by atoms with Crippen LogP contribution in [0.1, 0.15) is 72.1 Å². The molecule has 0 aromatic rings. The van der Waals surface area contributed by atoms with Crippen LogP contribution in [0.5, 0.6) is 0 Å². The molecule has 102 valence electrons. The van der Waals surface area contributed by atoms with E-state index in [1.807, 2.05) is 0 Å². The van der Waals surface area contributed by atoms with Gasteiger partial charge in [-0.2, -0.15) is 0 Å². The maximum atomic E-state index is 6.21. The molecule has 2 atom stereocenters. The topological polar surface area (TPSA) is 35.2 Å². The van der Waals surface area contributed by atoms with E-state index in [2.05, 4.69) is 20.8 Å². The highest BCUT2D eigenvalue weighted by atomic mass is 16.5. The van der Waals surface area contributed by atoms with E-state index in [1.54, 1.807) is 0 Å². The predicted molar refractivity (Wildman–Crippen MR) is 74.1 cm³/mol. The van der Waals surface area contributed by atoms with Gasteiger partial charge in [-0.25, -0.2) is 0 Å². The molecule has 17 heavy (non-hydrogen) atoms. The number of hydrogen-bond donors (Lipinski definition) is 1. The van der Waals surface area contributed by atoms with E-state index in [1.165, 1.54) is 44.9 Å². The van der Waals surface area contributed by atoms with E-state index in [-0.39, 0.29) is 11.5 Å². The molecular weight excluding hydrogens is 210 g/mol. The molecule has 0 spiro atoms. The second-order valence-corrected chi connectivity index (χ2v) is 6.23. The molecule has 0 bridgehead atoms. The molecule has 0 aromatic heterocycles. The summed E-state index contributed by atoms with van der Waals surface area (Å²) in [5.74, 6) is 0. The van der Waals surface area contributed by atoms with Crippen molar-refractivity contribution in [2.75, 3.05) is 6.61 Å². The lowest BCUT2D eigenvalue weighted by atomic mass is 9.88. The highest BCUT2D eigenvalue weighted by Crippen LogP contribution is 2.37. The van der Waals surface area contributed by atoms with Crippen molar-refractivity contribution < 1.29 is 4.74 Å². The van der Waals surface area contributed by atoms with Gasteiger partial charge in [0.05, 0.1) is 6.10 Å². The van der Waals surface area contributed by atoms with Crippen LogP contribution in [0.15, 0.2) is 0 Å².